The van der Waals surface area contributed by atoms with Crippen molar-refractivity contribution in [1.29, 1.82) is 5.26 Å². The first-order valence-corrected chi connectivity index (χ1v) is 4.66. The Balaban J connectivity index is 3.46. The van der Waals surface area contributed by atoms with Crippen LogP contribution in [0.5, 0.6) is 0 Å². The lowest BCUT2D eigenvalue weighted by Crippen LogP contribution is -2.03. The van der Waals surface area contributed by atoms with Crippen molar-refractivity contribution in [3.05, 3.63) is 26.6 Å². The van der Waals surface area contributed by atoms with E-state index in [1.54, 1.807) is 28.7 Å². The summed E-state index contributed by atoms with van der Waals surface area (Å²) in [6.07, 6.45) is -1.51. The Kier molecular flexibility index (Phi) is 3.71. The first-order valence-electron chi connectivity index (χ1n) is 3.58. The number of hydrogen-bond donors (Lipinski definition) is 1. The number of nitriles is 1. The van der Waals surface area contributed by atoms with Crippen LogP contribution in [-0.2, 0) is 6.61 Å². The van der Waals surface area contributed by atoms with Gasteiger partial charge in [-0.2, -0.15) is 5.26 Å². The predicted octanol–water partition coefficient (Wildman–Crippen LogP) is 1.99. The van der Waals surface area contributed by atoms with Gasteiger partial charge in [-0.3, -0.25) is 4.98 Å². The van der Waals surface area contributed by atoms with Gasteiger partial charge in [-0.1, -0.05) is 0 Å². The average molecular weight is 310 g/mol. The molecule has 0 aliphatic heterocycles. The molecule has 0 spiro atoms. The van der Waals surface area contributed by atoms with Crippen molar-refractivity contribution in [2.45, 2.75) is 13.0 Å². The Morgan fingerprint density at radius 3 is 2.71 bits per heavy atom. The van der Waals surface area contributed by atoms with Crippen molar-refractivity contribution in [1.82, 2.24) is 4.98 Å². The van der Waals surface area contributed by atoms with Gasteiger partial charge in [-0.05, 0) is 22.6 Å². The van der Waals surface area contributed by atoms with Crippen molar-refractivity contribution in [3.63, 3.8) is 0 Å². The van der Waals surface area contributed by atoms with Crippen molar-refractivity contribution in [3.8, 4) is 6.07 Å². The number of nitrogens with zero attached hydrogens (tertiary/aromatic N) is 2. The minimum Gasteiger partial charge on any atom is -0.390 e. The van der Waals surface area contributed by atoms with Gasteiger partial charge < -0.3 is 5.11 Å². The smallest absolute Gasteiger partial charge is 0.267 e. The van der Waals surface area contributed by atoms with Gasteiger partial charge in [0.1, 0.15) is 6.07 Å². The zero-order valence-electron chi connectivity index (χ0n) is 6.84. The normalized spacial score (nSPS) is 10.3. The third kappa shape index (κ3) is 1.99. The summed E-state index contributed by atoms with van der Waals surface area (Å²) in [5.74, 6) is 0. The third-order valence-electron chi connectivity index (χ3n) is 1.63. The summed E-state index contributed by atoms with van der Waals surface area (Å²) < 4.78 is 25.4. The lowest BCUT2D eigenvalue weighted by molar-refractivity contribution is 0.145. The van der Waals surface area contributed by atoms with Crippen LogP contribution in [0.1, 0.15) is 23.2 Å². The topological polar surface area (TPSA) is 56.9 Å². The molecule has 0 bridgehead atoms. The van der Waals surface area contributed by atoms with E-state index in [0.29, 0.717) is 3.57 Å². The Hall–Kier alpha value is -0.810. The van der Waals surface area contributed by atoms with Crippen LogP contribution in [0.4, 0.5) is 8.78 Å². The molecule has 1 N–H and O–H groups in total. The fraction of sp³-hybridized carbons (Fsp3) is 0.250. The fourth-order valence-corrected chi connectivity index (χ4v) is 1.57. The van der Waals surface area contributed by atoms with Gasteiger partial charge >= 0.3 is 0 Å². The van der Waals surface area contributed by atoms with Crippen LogP contribution >= 0.6 is 22.6 Å². The molecular formula is C8H5F2IN2O. The Labute approximate surface area is 92.5 Å². The van der Waals surface area contributed by atoms with Gasteiger partial charge in [-0.25, -0.2) is 8.78 Å². The van der Waals surface area contributed by atoms with Crippen LogP contribution in [0.2, 0.25) is 0 Å². The quantitative estimate of drug-likeness (QED) is 0.850. The van der Waals surface area contributed by atoms with E-state index in [1.165, 1.54) is 6.20 Å². The maximum Gasteiger partial charge on any atom is 0.267 e. The minimum atomic E-state index is -2.80. The van der Waals surface area contributed by atoms with Gasteiger partial charge in [0.25, 0.3) is 6.43 Å². The molecule has 1 aromatic heterocycles. The molecule has 14 heavy (non-hydrogen) atoms. The summed E-state index contributed by atoms with van der Waals surface area (Å²) in [5.41, 5.74) is -0.724. The van der Waals surface area contributed by atoms with E-state index < -0.39 is 18.6 Å². The highest BCUT2D eigenvalue weighted by Crippen LogP contribution is 2.28. The van der Waals surface area contributed by atoms with Crippen LogP contribution < -0.4 is 0 Å². The molecule has 0 saturated carbocycles. The molecular weight excluding hydrogens is 305 g/mol. The van der Waals surface area contributed by atoms with E-state index in [4.69, 9.17) is 10.4 Å². The van der Waals surface area contributed by atoms with Crippen molar-refractivity contribution in [2.24, 2.45) is 0 Å². The number of pyridine rings is 1. The molecule has 0 aliphatic carbocycles. The van der Waals surface area contributed by atoms with Crippen LogP contribution in [0.25, 0.3) is 0 Å². The molecule has 0 aromatic carbocycles. The molecule has 1 rings (SSSR count). The summed E-state index contributed by atoms with van der Waals surface area (Å²) in [4.78, 5) is 3.64. The summed E-state index contributed by atoms with van der Waals surface area (Å²) in [6, 6.07) is 1.68. The zero-order chi connectivity index (χ0) is 10.7. The SMILES string of the molecule is N#Cc1c(I)cnc(CO)c1C(F)F. The standard InChI is InChI=1S/C8H5F2IN2O/c9-8(10)7-4(1-12)5(11)2-13-6(7)3-14/h2,8,14H,3H2. The molecule has 74 valence electrons. The minimum absolute atomic E-state index is 0.111. The number of alkyl halides is 2. The van der Waals surface area contributed by atoms with Crippen LogP contribution in [0.3, 0.4) is 0 Å². The molecule has 3 nitrogen and oxygen atoms in total. The maximum atomic E-state index is 12.5. The Bertz CT molecular complexity index is 390. The number of aliphatic hydroxyl groups is 1. The molecule has 0 amide bonds. The fourth-order valence-electron chi connectivity index (χ4n) is 1.02. The van der Waals surface area contributed by atoms with Gasteiger partial charge in [0.15, 0.2) is 0 Å². The number of halogens is 3. The molecule has 0 fully saturated rings. The highest BCUT2D eigenvalue weighted by atomic mass is 127. The van der Waals surface area contributed by atoms with E-state index in [1.807, 2.05) is 0 Å². The lowest BCUT2D eigenvalue weighted by atomic mass is 10.1. The summed E-state index contributed by atoms with van der Waals surface area (Å²) >= 11 is 1.75. The van der Waals surface area contributed by atoms with Crippen LogP contribution in [0, 0.1) is 14.9 Å². The van der Waals surface area contributed by atoms with E-state index in [2.05, 4.69) is 4.98 Å². The molecule has 0 radical (unpaired) electrons. The molecule has 0 saturated heterocycles. The van der Waals surface area contributed by atoms with Gasteiger partial charge in [0.05, 0.1) is 23.4 Å². The number of hydrogen-bond acceptors (Lipinski definition) is 3. The molecule has 1 heterocycles. The third-order valence-corrected chi connectivity index (χ3v) is 2.45. The highest BCUT2D eigenvalue weighted by Gasteiger charge is 2.20. The molecule has 0 atom stereocenters. The molecule has 0 unspecified atom stereocenters. The molecule has 0 aliphatic rings. The summed E-state index contributed by atoms with van der Waals surface area (Å²) in [5, 5.41) is 17.4. The summed E-state index contributed by atoms with van der Waals surface area (Å²) in [6.45, 7) is -0.592. The molecule has 6 heteroatoms. The first kappa shape index (κ1) is 11.3. The molecule has 1 aromatic rings. The predicted molar refractivity (Wildman–Crippen MR) is 52.5 cm³/mol. The maximum absolute atomic E-state index is 12.5. The van der Waals surface area contributed by atoms with Crippen molar-refractivity contribution < 1.29 is 13.9 Å². The first-order chi connectivity index (χ1) is 6.61. The highest BCUT2D eigenvalue weighted by molar-refractivity contribution is 14.1. The van der Waals surface area contributed by atoms with Crippen molar-refractivity contribution >= 4 is 22.6 Å². The van der Waals surface area contributed by atoms with Gasteiger partial charge in [0, 0.05) is 9.77 Å². The van der Waals surface area contributed by atoms with Crippen molar-refractivity contribution in [2.75, 3.05) is 0 Å². The summed E-state index contributed by atoms with van der Waals surface area (Å²) in [7, 11) is 0. The average Bonchev–Trinajstić information content (AvgIpc) is 2.17. The van der Waals surface area contributed by atoms with E-state index in [-0.39, 0.29) is 11.3 Å². The van der Waals surface area contributed by atoms with Gasteiger partial charge in [-0.15, -0.1) is 0 Å². The second-order valence-corrected chi connectivity index (χ2v) is 3.57. The van der Waals surface area contributed by atoms with Crippen LogP contribution in [-0.4, -0.2) is 10.1 Å². The Morgan fingerprint density at radius 2 is 2.29 bits per heavy atom. The van der Waals surface area contributed by atoms with E-state index >= 15 is 0 Å². The monoisotopic (exact) mass is 310 g/mol. The largest absolute Gasteiger partial charge is 0.390 e. The van der Waals surface area contributed by atoms with E-state index in [0.717, 1.165) is 0 Å². The second-order valence-electron chi connectivity index (χ2n) is 2.41. The second kappa shape index (κ2) is 4.61. The van der Waals surface area contributed by atoms with Gasteiger partial charge in [0.2, 0.25) is 0 Å². The number of aliphatic hydroxyl groups excluding tert-OH is 1. The Morgan fingerprint density at radius 1 is 1.64 bits per heavy atom. The zero-order valence-corrected chi connectivity index (χ0v) is 8.99. The van der Waals surface area contributed by atoms with E-state index in [9.17, 15) is 8.78 Å². The van der Waals surface area contributed by atoms with Crippen LogP contribution in [0.15, 0.2) is 6.20 Å². The number of aromatic nitrogens is 1. The number of rotatable bonds is 2. The lowest BCUT2D eigenvalue weighted by Gasteiger charge is -2.08.